The van der Waals surface area contributed by atoms with E-state index in [9.17, 15) is 13.9 Å². The van der Waals surface area contributed by atoms with Gasteiger partial charge in [0.1, 0.15) is 11.6 Å². The molecule has 4 rings (SSSR count). The molecule has 0 aromatic heterocycles. The number of ether oxygens (including phenoxy) is 4. The number of aliphatic hydroxyl groups excluding tert-OH is 1. The fourth-order valence-electron chi connectivity index (χ4n) is 2.98. The zero-order valence-corrected chi connectivity index (χ0v) is 20.9. The molecule has 0 aliphatic carbocycles. The summed E-state index contributed by atoms with van der Waals surface area (Å²) in [4.78, 5) is 0. The minimum atomic E-state index is -0.867. The first kappa shape index (κ1) is 30.2. The molecule has 2 heterocycles. The number of rotatable bonds is 4. The van der Waals surface area contributed by atoms with E-state index in [1.807, 2.05) is 0 Å². The second kappa shape index (κ2) is 16.0. The van der Waals surface area contributed by atoms with E-state index >= 15 is 0 Å². The predicted molar refractivity (Wildman–Crippen MR) is 121 cm³/mol. The van der Waals surface area contributed by atoms with E-state index in [2.05, 4.69) is 29.8 Å². The first-order valence-corrected chi connectivity index (χ1v) is 11.4. The Hall–Kier alpha value is -0.823. The van der Waals surface area contributed by atoms with E-state index < -0.39 is 24.5 Å². The largest absolute Gasteiger partial charge is 1.00 e. The summed E-state index contributed by atoms with van der Waals surface area (Å²) in [6.07, 6.45) is 0.435. The van der Waals surface area contributed by atoms with Gasteiger partial charge in [0.2, 0.25) is 0 Å². The Morgan fingerprint density at radius 3 is 1.82 bits per heavy atom. The van der Waals surface area contributed by atoms with Crippen LogP contribution < -0.4 is 18.9 Å². The topological polar surface area (TPSA) is 57.2 Å². The molecule has 2 aromatic carbocycles. The van der Waals surface area contributed by atoms with E-state index in [0.29, 0.717) is 42.0 Å². The van der Waals surface area contributed by atoms with E-state index in [4.69, 9.17) is 18.9 Å². The van der Waals surface area contributed by atoms with E-state index in [0.717, 1.165) is 6.42 Å². The van der Waals surface area contributed by atoms with Crippen LogP contribution in [0.2, 0.25) is 0 Å². The van der Waals surface area contributed by atoms with Gasteiger partial charge in [0, 0.05) is 16.7 Å². The Kier molecular flexibility index (Phi) is 14.6. The van der Waals surface area contributed by atoms with Gasteiger partial charge in [-0.2, -0.15) is 6.42 Å². The fourth-order valence-corrected chi connectivity index (χ4v) is 3.43. The molecule has 2 fully saturated rings. The van der Waals surface area contributed by atoms with Gasteiger partial charge in [0.25, 0.3) is 0 Å². The molecule has 5 nitrogen and oxygen atoms in total. The zero-order chi connectivity index (χ0) is 23.5. The number of hydrogen-bond donors (Lipinski definition) is 1. The van der Waals surface area contributed by atoms with Crippen LogP contribution in [0.5, 0.6) is 0 Å². The molecule has 0 amide bonds. The van der Waals surface area contributed by atoms with Gasteiger partial charge >= 0.3 is 18.9 Å². The molecule has 1 unspecified atom stereocenters. The van der Waals surface area contributed by atoms with Gasteiger partial charge in [0.05, 0.1) is 37.0 Å². The Morgan fingerprint density at radius 1 is 0.939 bits per heavy atom. The summed E-state index contributed by atoms with van der Waals surface area (Å²) >= 11 is 3.16. The summed E-state index contributed by atoms with van der Waals surface area (Å²) in [5.74, 6) is -0.724. The maximum absolute atomic E-state index is 13.5. The van der Waals surface area contributed by atoms with Gasteiger partial charge in [-0.1, -0.05) is 37.6 Å². The zero-order valence-electron chi connectivity index (χ0n) is 19.4. The van der Waals surface area contributed by atoms with Crippen molar-refractivity contribution in [3.05, 3.63) is 76.1 Å². The molecule has 0 radical (unpaired) electrons. The summed E-state index contributed by atoms with van der Waals surface area (Å²) < 4.78 is 48.1. The van der Waals surface area contributed by atoms with Crippen LogP contribution in [-0.4, -0.2) is 31.5 Å². The quantitative estimate of drug-likeness (QED) is 0.493. The summed E-state index contributed by atoms with van der Waals surface area (Å²) in [6, 6.07) is 9.43. The molecule has 33 heavy (non-hydrogen) atoms. The van der Waals surface area contributed by atoms with Gasteiger partial charge in [-0.3, -0.25) is 0 Å². The maximum atomic E-state index is 13.5. The standard InChI is InChI=1S/C11H13FO3.C9H8BrFO2.C4H9.Li/c1-7(13)10-8(3-2-4-9(10)12)11-14-5-6-15-11;10-8-6(2-1-3-7(8)11)9-12-4-5-13-9;1-3-4-2;/h2-4,7,11,13H,5-6H2,1H3;1-3,9H,4-5H2;1,3-4H2,2H3;/q;;-1;+1. The van der Waals surface area contributed by atoms with Crippen LogP contribution in [0.3, 0.4) is 0 Å². The summed E-state index contributed by atoms with van der Waals surface area (Å²) in [5, 5.41) is 9.49. The third kappa shape index (κ3) is 9.04. The maximum Gasteiger partial charge on any atom is 1.00 e. The number of aliphatic hydroxyl groups is 1. The second-order valence-corrected chi connectivity index (χ2v) is 7.86. The second-order valence-electron chi connectivity index (χ2n) is 7.06. The molecule has 2 saturated heterocycles. The Morgan fingerprint density at radius 2 is 1.36 bits per heavy atom. The van der Waals surface area contributed by atoms with Gasteiger partial charge in [0.15, 0.2) is 12.6 Å². The smallest absolute Gasteiger partial charge is 0.389 e. The SMILES string of the molecule is CC(O)c1c(F)cccc1C1OCCO1.Fc1cccc(C2OCCO2)c1Br.[CH2-]CCC.[Li+]. The molecule has 178 valence electrons. The van der Waals surface area contributed by atoms with Crippen molar-refractivity contribution in [3.63, 3.8) is 0 Å². The first-order valence-electron chi connectivity index (χ1n) is 10.6. The first-order chi connectivity index (χ1) is 15.4. The van der Waals surface area contributed by atoms with Crippen molar-refractivity contribution in [3.8, 4) is 0 Å². The molecule has 2 aromatic rings. The molecule has 2 aliphatic rings. The van der Waals surface area contributed by atoms with Crippen LogP contribution in [0, 0.1) is 18.6 Å². The van der Waals surface area contributed by atoms with Crippen LogP contribution in [0.15, 0.2) is 40.9 Å². The summed E-state index contributed by atoms with van der Waals surface area (Å²) in [7, 11) is 0. The van der Waals surface area contributed by atoms with Crippen molar-refractivity contribution >= 4 is 15.9 Å². The van der Waals surface area contributed by atoms with Gasteiger partial charge in [-0.25, -0.2) is 8.78 Å². The molecule has 1 N–H and O–H groups in total. The van der Waals surface area contributed by atoms with Gasteiger partial charge in [-0.15, -0.1) is 0 Å². The number of benzene rings is 2. The molecular weight excluding hydrogens is 493 g/mol. The third-order valence-electron chi connectivity index (χ3n) is 4.59. The normalized spacial score (nSPS) is 16.8. The monoisotopic (exact) mass is 522 g/mol. The predicted octanol–water partition coefficient (Wildman–Crippen LogP) is 3.18. The average molecular weight is 523 g/mol. The van der Waals surface area contributed by atoms with Crippen molar-refractivity contribution in [1.29, 1.82) is 0 Å². The Bertz CT molecular complexity index is 826. The van der Waals surface area contributed by atoms with E-state index in [-0.39, 0.29) is 30.2 Å². The summed E-state index contributed by atoms with van der Waals surface area (Å²) in [5.41, 5.74) is 1.53. The van der Waals surface area contributed by atoms with Crippen molar-refractivity contribution < 1.29 is 51.7 Å². The minimum Gasteiger partial charge on any atom is -0.389 e. The van der Waals surface area contributed by atoms with Crippen LogP contribution in [-0.2, 0) is 18.9 Å². The van der Waals surface area contributed by atoms with Crippen molar-refractivity contribution in [2.45, 2.75) is 45.4 Å². The minimum absolute atomic E-state index is 0. The molecule has 0 saturated carbocycles. The summed E-state index contributed by atoms with van der Waals surface area (Å²) in [6.45, 7) is 9.37. The van der Waals surface area contributed by atoms with Crippen LogP contribution in [0.1, 0.15) is 62.1 Å². The molecular formula is C24H30BrF2LiO5. The van der Waals surface area contributed by atoms with Crippen molar-refractivity contribution in [1.82, 2.24) is 0 Å². The fraction of sp³-hybridized carbons (Fsp3) is 0.458. The third-order valence-corrected chi connectivity index (χ3v) is 5.43. The van der Waals surface area contributed by atoms with E-state index in [1.54, 1.807) is 24.3 Å². The molecule has 0 spiro atoms. The van der Waals surface area contributed by atoms with Crippen LogP contribution >= 0.6 is 15.9 Å². The molecule has 1 atom stereocenters. The molecule has 0 bridgehead atoms. The molecule has 9 heteroatoms. The Labute approximate surface area is 215 Å². The van der Waals surface area contributed by atoms with Crippen LogP contribution in [0.25, 0.3) is 0 Å². The van der Waals surface area contributed by atoms with Gasteiger partial charge in [-0.05, 0) is 35.0 Å². The van der Waals surface area contributed by atoms with E-state index in [1.165, 1.54) is 25.5 Å². The van der Waals surface area contributed by atoms with Crippen molar-refractivity contribution in [2.75, 3.05) is 26.4 Å². The van der Waals surface area contributed by atoms with Gasteiger partial charge < -0.3 is 31.0 Å². The Balaban J connectivity index is 0.000000279. The van der Waals surface area contributed by atoms with Crippen molar-refractivity contribution in [2.24, 2.45) is 0 Å². The number of hydrogen-bond acceptors (Lipinski definition) is 5. The van der Waals surface area contributed by atoms with Crippen LogP contribution in [0.4, 0.5) is 8.78 Å². The average Bonchev–Trinajstić information content (AvgIpc) is 3.50. The molecule has 2 aliphatic heterocycles. The number of halogens is 3. The number of unbranched alkanes of at least 4 members (excludes halogenated alkanes) is 1.